The van der Waals surface area contributed by atoms with Crippen LogP contribution in [0.5, 0.6) is 5.75 Å². The highest BCUT2D eigenvalue weighted by molar-refractivity contribution is 7.82. The highest BCUT2D eigenvalue weighted by Crippen LogP contribution is 2.30. The minimum atomic E-state index is -1.76. The van der Waals surface area contributed by atoms with E-state index in [9.17, 15) is 9.00 Å². The van der Waals surface area contributed by atoms with Gasteiger partial charge in [-0.3, -0.25) is 14.6 Å². The quantitative estimate of drug-likeness (QED) is 0.346. The summed E-state index contributed by atoms with van der Waals surface area (Å²) >= 11 is -1.76. The van der Waals surface area contributed by atoms with Crippen molar-refractivity contribution in [2.75, 3.05) is 16.7 Å². The molecule has 5 rings (SSSR count). The maximum absolute atomic E-state index is 12.6. The minimum Gasteiger partial charge on any atom is -0.385 e. The van der Waals surface area contributed by atoms with Crippen LogP contribution in [0.15, 0.2) is 66.7 Å². The van der Waals surface area contributed by atoms with Gasteiger partial charge in [-0.2, -0.15) is 4.21 Å². The van der Waals surface area contributed by atoms with Crippen LogP contribution in [0.2, 0.25) is 0 Å². The molecule has 0 fully saturated rings. The third-order valence-corrected chi connectivity index (χ3v) is 6.66. The Morgan fingerprint density at radius 1 is 1.09 bits per heavy atom. The molecule has 35 heavy (non-hydrogen) atoms. The lowest BCUT2D eigenvalue weighted by Crippen LogP contribution is -2.22. The van der Waals surface area contributed by atoms with E-state index in [4.69, 9.17) is 9.17 Å². The van der Waals surface area contributed by atoms with Gasteiger partial charge in [-0.25, -0.2) is 9.50 Å². The lowest BCUT2D eigenvalue weighted by atomic mass is 10.1. The van der Waals surface area contributed by atoms with Gasteiger partial charge >= 0.3 is 11.3 Å². The number of aromatic nitrogens is 3. The molecule has 1 amide bonds. The SMILES string of the molecule is CC(=O)N(C)c1cccc2c1cc1nc(-c3cccc(NS(=O)Oc4cc(C)ccc4C)c3)[nH]n12. The first-order valence-corrected chi connectivity index (χ1v) is 12.2. The van der Waals surface area contributed by atoms with Gasteiger partial charge in [0.25, 0.3) is 0 Å². The molecule has 2 aromatic heterocycles. The molecule has 1 atom stereocenters. The van der Waals surface area contributed by atoms with Crippen molar-refractivity contribution in [3.8, 4) is 17.1 Å². The molecule has 0 saturated heterocycles. The van der Waals surface area contributed by atoms with E-state index in [1.165, 1.54) is 6.92 Å². The fraction of sp³-hybridized carbons (Fsp3) is 0.154. The summed E-state index contributed by atoms with van der Waals surface area (Å²) in [6.07, 6.45) is 0. The van der Waals surface area contributed by atoms with Crippen molar-refractivity contribution < 1.29 is 13.2 Å². The first-order valence-electron chi connectivity index (χ1n) is 11.1. The molecule has 0 bridgehead atoms. The molecular formula is C26H25N5O3S. The van der Waals surface area contributed by atoms with Crippen molar-refractivity contribution in [3.63, 3.8) is 0 Å². The number of nitrogens with one attached hydrogen (secondary N) is 2. The molecule has 8 nitrogen and oxygen atoms in total. The number of aryl methyl sites for hydroxylation is 2. The number of nitrogens with zero attached hydrogens (tertiary/aromatic N) is 3. The molecule has 2 N–H and O–H groups in total. The van der Waals surface area contributed by atoms with E-state index in [-0.39, 0.29) is 5.91 Å². The fourth-order valence-electron chi connectivity index (χ4n) is 3.96. The Balaban J connectivity index is 1.41. The van der Waals surface area contributed by atoms with Crippen LogP contribution in [-0.4, -0.2) is 31.8 Å². The second-order valence-electron chi connectivity index (χ2n) is 8.47. The topological polar surface area (TPSA) is 91.7 Å². The lowest BCUT2D eigenvalue weighted by molar-refractivity contribution is -0.116. The molecule has 0 spiro atoms. The third kappa shape index (κ3) is 4.38. The van der Waals surface area contributed by atoms with Gasteiger partial charge < -0.3 is 9.08 Å². The molecular weight excluding hydrogens is 462 g/mol. The van der Waals surface area contributed by atoms with Crippen LogP contribution < -0.4 is 13.8 Å². The minimum absolute atomic E-state index is 0.0377. The standard InChI is InChI=1S/C26H25N5O3S/c1-16-11-12-17(2)24(13-16)34-35(33)29-20-8-5-7-19(14-20)26-27-25-15-21-22(30(4)18(3)32)9-6-10-23(21)31(25)28-26/h5-15,29H,1-4H3,(H,27,28). The van der Waals surface area contributed by atoms with Gasteiger partial charge in [-0.15, -0.1) is 0 Å². The number of anilines is 2. The van der Waals surface area contributed by atoms with E-state index in [0.717, 1.165) is 38.9 Å². The Morgan fingerprint density at radius 2 is 1.89 bits per heavy atom. The Kier molecular flexibility index (Phi) is 5.78. The molecule has 3 aromatic carbocycles. The zero-order chi connectivity index (χ0) is 24.7. The molecule has 178 valence electrons. The van der Waals surface area contributed by atoms with Gasteiger partial charge in [-0.1, -0.05) is 30.3 Å². The zero-order valence-electron chi connectivity index (χ0n) is 19.8. The van der Waals surface area contributed by atoms with Crippen molar-refractivity contribution in [1.82, 2.24) is 14.6 Å². The summed E-state index contributed by atoms with van der Waals surface area (Å²) in [5.41, 5.74) is 5.89. The van der Waals surface area contributed by atoms with Crippen LogP contribution >= 0.6 is 0 Å². The number of fused-ring (bicyclic) bond motifs is 3. The molecule has 0 radical (unpaired) electrons. The van der Waals surface area contributed by atoms with Crippen LogP contribution in [0.25, 0.3) is 27.9 Å². The Bertz CT molecular complexity index is 1600. The summed E-state index contributed by atoms with van der Waals surface area (Å²) in [6, 6.07) is 21.0. The van der Waals surface area contributed by atoms with Gasteiger partial charge in [0.1, 0.15) is 5.75 Å². The molecule has 5 aromatic rings. The molecule has 2 heterocycles. The number of amides is 1. The Labute approximate surface area is 205 Å². The highest BCUT2D eigenvalue weighted by Gasteiger charge is 2.16. The number of hydrogen-bond acceptors (Lipinski definition) is 4. The number of benzene rings is 3. The summed E-state index contributed by atoms with van der Waals surface area (Å²) in [6.45, 7) is 5.41. The number of hydrogen-bond donors (Lipinski definition) is 2. The van der Waals surface area contributed by atoms with Crippen LogP contribution in [0.1, 0.15) is 18.1 Å². The van der Waals surface area contributed by atoms with Gasteiger partial charge in [0, 0.05) is 24.9 Å². The predicted molar refractivity (Wildman–Crippen MR) is 140 cm³/mol. The maximum Gasteiger partial charge on any atom is 0.316 e. The van der Waals surface area contributed by atoms with Gasteiger partial charge in [0.05, 0.1) is 16.9 Å². The van der Waals surface area contributed by atoms with E-state index >= 15 is 0 Å². The van der Waals surface area contributed by atoms with E-state index in [2.05, 4.69) is 9.82 Å². The summed E-state index contributed by atoms with van der Waals surface area (Å²) in [7, 11) is 1.76. The van der Waals surface area contributed by atoms with Crippen LogP contribution in [-0.2, 0) is 16.1 Å². The molecule has 0 aliphatic heterocycles. The van der Waals surface area contributed by atoms with E-state index in [0.29, 0.717) is 17.3 Å². The summed E-state index contributed by atoms with van der Waals surface area (Å²) in [4.78, 5) is 18.2. The fourth-order valence-corrected chi connectivity index (χ4v) is 4.67. The molecule has 1 unspecified atom stereocenters. The smallest absolute Gasteiger partial charge is 0.316 e. The van der Waals surface area contributed by atoms with Crippen molar-refractivity contribution >= 4 is 45.1 Å². The van der Waals surface area contributed by atoms with Crippen LogP contribution in [0.4, 0.5) is 11.4 Å². The number of aromatic amines is 1. The van der Waals surface area contributed by atoms with Gasteiger partial charge in [0.15, 0.2) is 11.5 Å². The average molecular weight is 488 g/mol. The number of H-pyrrole nitrogens is 1. The Morgan fingerprint density at radius 3 is 2.69 bits per heavy atom. The normalized spacial score (nSPS) is 12.1. The molecule has 0 aliphatic carbocycles. The van der Waals surface area contributed by atoms with Crippen molar-refractivity contribution in [2.24, 2.45) is 0 Å². The first kappa shape index (κ1) is 22.7. The summed E-state index contributed by atoms with van der Waals surface area (Å²) < 4.78 is 23.0. The van der Waals surface area contributed by atoms with Crippen molar-refractivity contribution in [3.05, 3.63) is 77.9 Å². The summed E-state index contributed by atoms with van der Waals surface area (Å²) in [5.74, 6) is 1.20. The Hall–Kier alpha value is -4.11. The van der Waals surface area contributed by atoms with Crippen molar-refractivity contribution in [1.29, 1.82) is 0 Å². The second-order valence-corrected chi connectivity index (χ2v) is 9.31. The van der Waals surface area contributed by atoms with E-state index in [1.807, 2.05) is 85.1 Å². The number of carbonyl (C=O) groups is 1. The van der Waals surface area contributed by atoms with Crippen molar-refractivity contribution in [2.45, 2.75) is 20.8 Å². The highest BCUT2D eigenvalue weighted by atomic mass is 32.2. The van der Waals surface area contributed by atoms with Gasteiger partial charge in [0.2, 0.25) is 5.91 Å². The second kappa shape index (κ2) is 8.92. The molecule has 9 heteroatoms. The maximum atomic E-state index is 12.6. The molecule has 0 saturated carbocycles. The van der Waals surface area contributed by atoms with E-state index < -0.39 is 11.3 Å². The third-order valence-electron chi connectivity index (χ3n) is 5.93. The molecule has 0 aliphatic rings. The van der Waals surface area contributed by atoms with Crippen LogP contribution in [0.3, 0.4) is 0 Å². The lowest BCUT2D eigenvalue weighted by Gasteiger charge is -2.15. The first-order chi connectivity index (χ1) is 16.8. The number of rotatable bonds is 6. The average Bonchev–Trinajstić information content (AvgIpc) is 3.39. The summed E-state index contributed by atoms with van der Waals surface area (Å²) in [5, 5.41) is 4.27. The zero-order valence-corrected chi connectivity index (χ0v) is 20.6. The predicted octanol–water partition coefficient (Wildman–Crippen LogP) is 5.15. The monoisotopic (exact) mass is 487 g/mol. The number of carbonyl (C=O) groups excluding carboxylic acids is 1. The van der Waals surface area contributed by atoms with Gasteiger partial charge in [-0.05, 0) is 61.4 Å². The van der Waals surface area contributed by atoms with Crippen LogP contribution in [0, 0.1) is 13.8 Å². The largest absolute Gasteiger partial charge is 0.385 e. The van der Waals surface area contributed by atoms with E-state index in [1.54, 1.807) is 11.9 Å².